The highest BCUT2D eigenvalue weighted by molar-refractivity contribution is 7.10. The molecule has 1 unspecified atom stereocenters. The maximum Gasteiger partial charge on any atom is 0.104 e. The van der Waals surface area contributed by atoms with Gasteiger partial charge in [0.2, 0.25) is 0 Å². The fraction of sp³-hybridized carbons (Fsp3) is 0.556. The number of hydrogen-bond donors (Lipinski definition) is 1. The molecular weight excluding hydrogens is 168 g/mol. The molecule has 0 amide bonds. The van der Waals surface area contributed by atoms with E-state index >= 15 is 0 Å². The van der Waals surface area contributed by atoms with Crippen LogP contribution < -0.4 is 5.32 Å². The van der Waals surface area contributed by atoms with Gasteiger partial charge in [-0.1, -0.05) is 6.07 Å². The van der Waals surface area contributed by atoms with Crippen LogP contribution in [0.15, 0.2) is 17.5 Å². The van der Waals surface area contributed by atoms with E-state index in [0.29, 0.717) is 0 Å². The first kappa shape index (κ1) is 8.23. The van der Waals surface area contributed by atoms with E-state index < -0.39 is 0 Å². The highest BCUT2D eigenvalue weighted by atomic mass is 32.1. The number of nitrogens with zero attached hydrogens (tertiary/aromatic N) is 1. The summed E-state index contributed by atoms with van der Waals surface area (Å²) in [7, 11) is 2.17. The van der Waals surface area contributed by atoms with Crippen LogP contribution in [-0.2, 0) is 5.66 Å². The lowest BCUT2D eigenvalue weighted by molar-refractivity contribution is 0.179. The zero-order chi connectivity index (χ0) is 8.60. The molecule has 1 fully saturated rings. The molecule has 2 nitrogen and oxygen atoms in total. The Hall–Kier alpha value is -0.380. The normalized spacial score (nSPS) is 31.2. The number of likely N-dealkylation sites (N-methyl/N-ethyl adjacent to an activating group) is 1. The van der Waals surface area contributed by atoms with Crippen molar-refractivity contribution in [2.45, 2.75) is 12.6 Å². The molecule has 0 aromatic carbocycles. The summed E-state index contributed by atoms with van der Waals surface area (Å²) < 4.78 is 0. The summed E-state index contributed by atoms with van der Waals surface area (Å²) in [4.78, 5) is 3.77. The number of nitrogens with one attached hydrogen (secondary N) is 1. The second kappa shape index (κ2) is 2.83. The van der Waals surface area contributed by atoms with Gasteiger partial charge in [0.15, 0.2) is 0 Å². The van der Waals surface area contributed by atoms with Crippen LogP contribution in [0.5, 0.6) is 0 Å². The maximum atomic E-state index is 3.52. The van der Waals surface area contributed by atoms with Gasteiger partial charge in [0.05, 0.1) is 0 Å². The van der Waals surface area contributed by atoms with Crippen LogP contribution in [0, 0.1) is 0 Å². The van der Waals surface area contributed by atoms with Gasteiger partial charge in [-0.2, -0.15) is 0 Å². The van der Waals surface area contributed by atoms with Crippen molar-refractivity contribution in [1.29, 1.82) is 0 Å². The van der Waals surface area contributed by atoms with E-state index in [0.717, 1.165) is 13.1 Å². The Morgan fingerprint density at radius 2 is 2.50 bits per heavy atom. The average molecular weight is 182 g/mol. The molecule has 1 aromatic rings. The van der Waals surface area contributed by atoms with E-state index in [1.165, 1.54) is 4.88 Å². The van der Waals surface area contributed by atoms with Crippen molar-refractivity contribution in [3.8, 4) is 0 Å². The number of thiophene rings is 1. The van der Waals surface area contributed by atoms with E-state index in [4.69, 9.17) is 0 Å². The zero-order valence-electron chi connectivity index (χ0n) is 7.50. The lowest BCUT2D eigenvalue weighted by Gasteiger charge is -2.30. The monoisotopic (exact) mass is 182 g/mol. The molecular formula is C9H14N2S. The van der Waals surface area contributed by atoms with Crippen molar-refractivity contribution in [3.63, 3.8) is 0 Å². The van der Waals surface area contributed by atoms with E-state index in [1.807, 2.05) is 11.3 Å². The Morgan fingerprint density at radius 1 is 1.67 bits per heavy atom. The average Bonchev–Trinajstić information content (AvgIpc) is 2.62. The molecule has 2 rings (SSSR count). The van der Waals surface area contributed by atoms with Gasteiger partial charge in [-0.3, -0.25) is 10.2 Å². The van der Waals surface area contributed by atoms with Crippen molar-refractivity contribution in [2.75, 3.05) is 20.1 Å². The summed E-state index contributed by atoms with van der Waals surface area (Å²) in [5.74, 6) is 0. The van der Waals surface area contributed by atoms with Crippen LogP contribution in [0.3, 0.4) is 0 Å². The van der Waals surface area contributed by atoms with Crippen molar-refractivity contribution in [2.24, 2.45) is 0 Å². The predicted molar refractivity (Wildman–Crippen MR) is 52.3 cm³/mol. The molecule has 12 heavy (non-hydrogen) atoms. The third-order valence-corrected chi connectivity index (χ3v) is 3.76. The standard InChI is InChI=1S/C9H14N2S/c1-9(8-4-3-7-12-8)10-5-6-11(9)2/h3-4,7,10H,5-6H2,1-2H3. The fourth-order valence-electron chi connectivity index (χ4n) is 1.66. The molecule has 66 valence electrons. The zero-order valence-corrected chi connectivity index (χ0v) is 8.32. The second-order valence-corrected chi connectivity index (χ2v) is 4.35. The topological polar surface area (TPSA) is 15.3 Å². The number of rotatable bonds is 1. The van der Waals surface area contributed by atoms with Crippen LogP contribution in [-0.4, -0.2) is 25.0 Å². The van der Waals surface area contributed by atoms with Gasteiger partial charge in [0.25, 0.3) is 0 Å². The smallest absolute Gasteiger partial charge is 0.104 e. The Morgan fingerprint density at radius 3 is 3.00 bits per heavy atom. The van der Waals surface area contributed by atoms with Crippen molar-refractivity contribution < 1.29 is 0 Å². The molecule has 0 saturated carbocycles. The number of hydrogen-bond acceptors (Lipinski definition) is 3. The third-order valence-electron chi connectivity index (χ3n) is 2.68. The quantitative estimate of drug-likeness (QED) is 0.707. The lowest BCUT2D eigenvalue weighted by atomic mass is 10.1. The molecule has 0 aliphatic carbocycles. The molecule has 1 aliphatic heterocycles. The molecule has 1 saturated heterocycles. The molecule has 0 radical (unpaired) electrons. The molecule has 1 aliphatic rings. The third kappa shape index (κ3) is 1.09. The summed E-state index contributed by atoms with van der Waals surface area (Å²) >= 11 is 1.82. The van der Waals surface area contributed by atoms with Crippen molar-refractivity contribution in [3.05, 3.63) is 22.4 Å². The first-order chi connectivity index (χ1) is 5.73. The summed E-state index contributed by atoms with van der Waals surface area (Å²) in [6, 6.07) is 4.30. The molecule has 0 bridgehead atoms. The first-order valence-corrected chi connectivity index (χ1v) is 5.12. The Balaban J connectivity index is 2.32. The summed E-state index contributed by atoms with van der Waals surface area (Å²) in [5, 5.41) is 5.65. The van der Waals surface area contributed by atoms with Crippen LogP contribution in [0.4, 0.5) is 0 Å². The Bertz CT molecular complexity index is 258. The molecule has 1 atom stereocenters. The largest absolute Gasteiger partial charge is 0.294 e. The van der Waals surface area contributed by atoms with Gasteiger partial charge in [0, 0.05) is 18.0 Å². The van der Waals surface area contributed by atoms with Crippen LogP contribution in [0.25, 0.3) is 0 Å². The van der Waals surface area contributed by atoms with Crippen LogP contribution in [0.2, 0.25) is 0 Å². The molecule has 2 heterocycles. The van der Waals surface area contributed by atoms with E-state index in [1.54, 1.807) is 0 Å². The van der Waals surface area contributed by atoms with E-state index in [9.17, 15) is 0 Å². The van der Waals surface area contributed by atoms with Gasteiger partial charge in [0.1, 0.15) is 5.66 Å². The van der Waals surface area contributed by atoms with Crippen molar-refractivity contribution >= 4 is 11.3 Å². The van der Waals surface area contributed by atoms with Gasteiger partial charge in [-0.15, -0.1) is 11.3 Å². The van der Waals surface area contributed by atoms with Crippen LogP contribution in [0.1, 0.15) is 11.8 Å². The summed E-state index contributed by atoms with van der Waals surface area (Å²) in [6.45, 7) is 4.46. The van der Waals surface area contributed by atoms with Gasteiger partial charge >= 0.3 is 0 Å². The minimum atomic E-state index is 0.0775. The Kier molecular flexibility index (Phi) is 1.94. The lowest BCUT2D eigenvalue weighted by Crippen LogP contribution is -2.43. The maximum absolute atomic E-state index is 3.52. The predicted octanol–water partition coefficient (Wildman–Crippen LogP) is 1.46. The minimum absolute atomic E-state index is 0.0775. The minimum Gasteiger partial charge on any atom is -0.294 e. The summed E-state index contributed by atoms with van der Waals surface area (Å²) in [5.41, 5.74) is 0.0775. The second-order valence-electron chi connectivity index (χ2n) is 3.40. The molecule has 0 spiro atoms. The van der Waals surface area contributed by atoms with E-state index in [2.05, 4.69) is 41.7 Å². The fourth-order valence-corrected chi connectivity index (χ4v) is 2.57. The first-order valence-electron chi connectivity index (χ1n) is 4.24. The molecule has 1 aromatic heterocycles. The SMILES string of the molecule is CN1CCNC1(C)c1cccs1. The highest BCUT2D eigenvalue weighted by Crippen LogP contribution is 2.30. The highest BCUT2D eigenvalue weighted by Gasteiger charge is 2.35. The summed E-state index contributed by atoms with van der Waals surface area (Å²) in [6.07, 6.45) is 0. The van der Waals surface area contributed by atoms with E-state index in [-0.39, 0.29) is 5.66 Å². The van der Waals surface area contributed by atoms with Gasteiger partial charge < -0.3 is 0 Å². The van der Waals surface area contributed by atoms with Gasteiger partial charge in [-0.05, 0) is 25.4 Å². The van der Waals surface area contributed by atoms with Crippen LogP contribution >= 0.6 is 11.3 Å². The Labute approximate surface area is 77.2 Å². The molecule has 3 heteroatoms. The van der Waals surface area contributed by atoms with Crippen molar-refractivity contribution in [1.82, 2.24) is 10.2 Å². The molecule has 1 N–H and O–H groups in total. The van der Waals surface area contributed by atoms with Gasteiger partial charge in [-0.25, -0.2) is 0 Å².